The zero-order valence-electron chi connectivity index (χ0n) is 17.1. The van der Waals surface area contributed by atoms with Crippen LogP contribution in [0.25, 0.3) is 21.8 Å². The molecular formula is C24H19N3O3S. The van der Waals surface area contributed by atoms with Gasteiger partial charge in [0.05, 0.1) is 16.7 Å². The van der Waals surface area contributed by atoms with Crippen molar-refractivity contribution in [3.05, 3.63) is 70.1 Å². The van der Waals surface area contributed by atoms with E-state index in [-0.39, 0.29) is 17.5 Å². The Morgan fingerprint density at radius 1 is 0.839 bits per heavy atom. The van der Waals surface area contributed by atoms with E-state index in [2.05, 4.69) is 0 Å². The van der Waals surface area contributed by atoms with Crippen LogP contribution in [0.5, 0.6) is 0 Å². The summed E-state index contributed by atoms with van der Waals surface area (Å²) in [6, 6.07) is 14.7. The molecule has 4 aromatic rings. The van der Waals surface area contributed by atoms with Crippen molar-refractivity contribution in [2.24, 2.45) is 14.1 Å². The van der Waals surface area contributed by atoms with Gasteiger partial charge in [0.2, 0.25) is 0 Å². The van der Waals surface area contributed by atoms with Crippen LogP contribution >= 0.6 is 11.8 Å². The van der Waals surface area contributed by atoms with Crippen LogP contribution in [0.2, 0.25) is 0 Å². The number of amides is 2. The largest absolute Gasteiger partial charge is 0.328 e. The molecule has 6 rings (SSSR count). The number of hydrogen-bond donors (Lipinski definition) is 0. The molecule has 154 valence electrons. The van der Waals surface area contributed by atoms with Crippen molar-refractivity contribution in [3.63, 3.8) is 0 Å². The first-order valence-corrected chi connectivity index (χ1v) is 11.1. The van der Waals surface area contributed by atoms with Crippen molar-refractivity contribution in [3.8, 4) is 0 Å². The first-order chi connectivity index (χ1) is 15.0. The molecule has 0 saturated heterocycles. The highest BCUT2D eigenvalue weighted by Gasteiger charge is 2.35. The maximum Gasteiger partial charge on any atom is 0.328 e. The predicted molar refractivity (Wildman–Crippen MR) is 122 cm³/mol. The molecule has 7 heteroatoms. The third kappa shape index (κ3) is 2.56. The van der Waals surface area contributed by atoms with Crippen LogP contribution in [-0.2, 0) is 14.1 Å². The molecule has 1 aliphatic heterocycles. The minimum Gasteiger partial charge on any atom is -0.295 e. The lowest BCUT2D eigenvalue weighted by atomic mass is 9.93. The molecule has 0 spiro atoms. The Labute approximate surface area is 182 Å². The minimum atomic E-state index is -0.336. The fourth-order valence-corrected chi connectivity index (χ4v) is 5.58. The van der Waals surface area contributed by atoms with Gasteiger partial charge in [0, 0.05) is 40.8 Å². The number of aromatic nitrogens is 2. The standard InChI is InChI=1S/C24H19N3O3S/c1-25-18-10-6-13(12-19(18)26(2)24(25)30)27-22(28)16-5-3-4-15-20(31-14-7-8-14)11-9-17(21(15)16)23(27)29/h3-6,9-12,14H,7-8H2,1-2H3. The van der Waals surface area contributed by atoms with Crippen LogP contribution in [0.15, 0.2) is 58.2 Å². The van der Waals surface area contributed by atoms with Crippen LogP contribution in [0, 0.1) is 0 Å². The lowest BCUT2D eigenvalue weighted by Crippen LogP contribution is -2.40. The Balaban J connectivity index is 1.53. The molecule has 1 aliphatic carbocycles. The number of carbonyl (C=O) groups is 2. The summed E-state index contributed by atoms with van der Waals surface area (Å²) < 4.78 is 3.07. The summed E-state index contributed by atoms with van der Waals surface area (Å²) in [7, 11) is 3.39. The van der Waals surface area contributed by atoms with Gasteiger partial charge in [-0.25, -0.2) is 9.69 Å². The van der Waals surface area contributed by atoms with Crippen molar-refractivity contribution in [1.29, 1.82) is 0 Å². The molecule has 1 aromatic heterocycles. The van der Waals surface area contributed by atoms with Gasteiger partial charge in [-0.1, -0.05) is 12.1 Å². The molecule has 2 amide bonds. The normalized spacial score (nSPS) is 16.0. The number of nitrogens with zero attached hydrogens (tertiary/aromatic N) is 3. The molecule has 1 saturated carbocycles. The van der Waals surface area contributed by atoms with E-state index in [4.69, 9.17) is 0 Å². The van der Waals surface area contributed by atoms with Crippen molar-refractivity contribution < 1.29 is 9.59 Å². The smallest absolute Gasteiger partial charge is 0.295 e. The Kier molecular flexibility index (Phi) is 3.77. The number of hydrogen-bond acceptors (Lipinski definition) is 4. The second-order valence-corrected chi connectivity index (χ2v) is 9.52. The average molecular weight is 430 g/mol. The summed E-state index contributed by atoms with van der Waals surface area (Å²) in [5.74, 6) is -0.672. The Morgan fingerprint density at radius 3 is 2.29 bits per heavy atom. The van der Waals surface area contributed by atoms with Gasteiger partial charge >= 0.3 is 5.69 Å². The van der Waals surface area contributed by atoms with Crippen molar-refractivity contribution in [2.45, 2.75) is 23.0 Å². The summed E-state index contributed by atoms with van der Waals surface area (Å²) >= 11 is 1.83. The molecule has 0 atom stereocenters. The zero-order valence-corrected chi connectivity index (χ0v) is 17.9. The monoisotopic (exact) mass is 429 g/mol. The lowest BCUT2D eigenvalue weighted by molar-refractivity contribution is 0.0893. The highest BCUT2D eigenvalue weighted by Crippen LogP contribution is 2.44. The average Bonchev–Trinajstić information content (AvgIpc) is 3.57. The molecule has 6 nitrogen and oxygen atoms in total. The number of imide groups is 1. The van der Waals surface area contributed by atoms with Gasteiger partial charge in [-0.15, -0.1) is 11.8 Å². The Hall–Kier alpha value is -3.32. The fraction of sp³-hybridized carbons (Fsp3) is 0.208. The summed E-state index contributed by atoms with van der Waals surface area (Å²) in [6.07, 6.45) is 2.42. The first kappa shape index (κ1) is 18.4. The lowest BCUT2D eigenvalue weighted by Gasteiger charge is -2.28. The topological polar surface area (TPSA) is 64.3 Å². The molecule has 2 aliphatic rings. The summed E-state index contributed by atoms with van der Waals surface area (Å²) in [4.78, 5) is 41.6. The number of anilines is 1. The Morgan fingerprint density at radius 2 is 1.55 bits per heavy atom. The van der Waals surface area contributed by atoms with E-state index in [9.17, 15) is 14.4 Å². The molecule has 0 unspecified atom stereocenters. The molecule has 3 aromatic carbocycles. The van der Waals surface area contributed by atoms with Crippen molar-refractivity contribution in [1.82, 2.24) is 9.13 Å². The van der Waals surface area contributed by atoms with E-state index in [1.165, 1.54) is 22.3 Å². The van der Waals surface area contributed by atoms with Gasteiger partial charge in [-0.05, 0) is 54.6 Å². The van der Waals surface area contributed by atoms with Gasteiger partial charge in [0.15, 0.2) is 0 Å². The van der Waals surface area contributed by atoms with Crippen LogP contribution in [0.1, 0.15) is 33.6 Å². The van der Waals surface area contributed by atoms with E-state index in [0.717, 1.165) is 21.2 Å². The number of fused-ring (bicyclic) bond motifs is 1. The zero-order chi connectivity index (χ0) is 21.4. The van der Waals surface area contributed by atoms with Crippen molar-refractivity contribution in [2.75, 3.05) is 4.90 Å². The molecular weight excluding hydrogens is 410 g/mol. The molecule has 0 radical (unpaired) electrons. The van der Waals surface area contributed by atoms with E-state index in [0.29, 0.717) is 27.6 Å². The molecule has 0 N–H and O–H groups in total. The van der Waals surface area contributed by atoms with E-state index >= 15 is 0 Å². The van der Waals surface area contributed by atoms with E-state index in [1.807, 2.05) is 36.0 Å². The van der Waals surface area contributed by atoms with Crippen LogP contribution in [-0.4, -0.2) is 26.2 Å². The number of benzene rings is 3. The van der Waals surface area contributed by atoms with E-state index < -0.39 is 0 Å². The second kappa shape index (κ2) is 6.34. The first-order valence-electron chi connectivity index (χ1n) is 10.2. The maximum atomic E-state index is 13.5. The van der Waals surface area contributed by atoms with Crippen LogP contribution in [0.3, 0.4) is 0 Å². The van der Waals surface area contributed by atoms with Crippen LogP contribution in [0.4, 0.5) is 5.69 Å². The number of carbonyl (C=O) groups excluding carboxylic acids is 2. The summed E-state index contributed by atoms with van der Waals surface area (Å²) in [5, 5.41) is 2.34. The van der Waals surface area contributed by atoms with E-state index in [1.54, 1.807) is 42.9 Å². The molecule has 2 heterocycles. The SMILES string of the molecule is Cn1c(=O)n(C)c2cc(N3C(=O)c4cccc5c(SC6CC6)ccc(c45)C3=O)ccc21. The second-order valence-electron chi connectivity index (χ2n) is 8.18. The highest BCUT2D eigenvalue weighted by atomic mass is 32.2. The third-order valence-electron chi connectivity index (χ3n) is 6.20. The minimum absolute atomic E-state index is 0.153. The van der Waals surface area contributed by atoms with Gasteiger partial charge in [-0.3, -0.25) is 18.7 Å². The molecule has 1 fully saturated rings. The predicted octanol–water partition coefficient (Wildman–Crippen LogP) is 4.09. The van der Waals surface area contributed by atoms with Crippen molar-refractivity contribution >= 4 is 51.1 Å². The maximum absolute atomic E-state index is 13.5. The molecule has 0 bridgehead atoms. The fourth-order valence-electron chi connectivity index (χ4n) is 4.41. The number of thioether (sulfide) groups is 1. The quantitative estimate of drug-likeness (QED) is 0.460. The third-order valence-corrected chi connectivity index (χ3v) is 7.61. The number of aryl methyl sites for hydroxylation is 2. The van der Waals surface area contributed by atoms with Crippen LogP contribution < -0.4 is 10.6 Å². The van der Waals surface area contributed by atoms with Gasteiger partial charge in [-0.2, -0.15) is 0 Å². The molecule has 31 heavy (non-hydrogen) atoms. The summed E-state index contributed by atoms with van der Waals surface area (Å²) in [6.45, 7) is 0. The number of imidazole rings is 1. The summed E-state index contributed by atoms with van der Waals surface area (Å²) in [5.41, 5.74) is 2.80. The van der Waals surface area contributed by atoms with Gasteiger partial charge in [0.25, 0.3) is 11.8 Å². The van der Waals surface area contributed by atoms with Gasteiger partial charge < -0.3 is 0 Å². The number of rotatable bonds is 3. The Bertz CT molecular complexity index is 1490. The highest BCUT2D eigenvalue weighted by molar-refractivity contribution is 8.00. The van der Waals surface area contributed by atoms with Gasteiger partial charge in [0.1, 0.15) is 0 Å².